The molecule has 0 spiro atoms. The maximum absolute atomic E-state index is 12.3. The number of amides is 1. The molecule has 3 rings (SSSR count). The monoisotopic (exact) mass is 401 g/mol. The van der Waals surface area contributed by atoms with E-state index in [4.69, 9.17) is 16.3 Å². The van der Waals surface area contributed by atoms with Gasteiger partial charge in [-0.1, -0.05) is 41.9 Å². The van der Waals surface area contributed by atoms with Crippen LogP contribution in [0.3, 0.4) is 0 Å². The van der Waals surface area contributed by atoms with Gasteiger partial charge in [0.1, 0.15) is 12.4 Å². The summed E-state index contributed by atoms with van der Waals surface area (Å²) in [5.41, 5.74) is 1.31. The second kappa shape index (κ2) is 10.5. The van der Waals surface area contributed by atoms with Gasteiger partial charge in [0.2, 0.25) is 5.91 Å². The van der Waals surface area contributed by atoms with Crippen molar-refractivity contribution >= 4 is 17.5 Å². The molecular formula is C22H28ClN3O2. The van der Waals surface area contributed by atoms with Gasteiger partial charge < -0.3 is 10.1 Å². The van der Waals surface area contributed by atoms with Crippen molar-refractivity contribution in [2.45, 2.75) is 19.0 Å². The zero-order chi connectivity index (χ0) is 19.8. The van der Waals surface area contributed by atoms with Crippen molar-refractivity contribution in [3.63, 3.8) is 0 Å². The molecule has 0 saturated carbocycles. The van der Waals surface area contributed by atoms with Crippen LogP contribution < -0.4 is 10.1 Å². The van der Waals surface area contributed by atoms with Crippen molar-refractivity contribution in [2.24, 2.45) is 0 Å². The molecule has 150 valence electrons. The molecule has 1 saturated heterocycles. The van der Waals surface area contributed by atoms with Crippen LogP contribution in [0.1, 0.15) is 12.0 Å². The molecular weight excluding hydrogens is 374 g/mol. The normalized spacial score (nSPS) is 17.0. The van der Waals surface area contributed by atoms with E-state index in [-0.39, 0.29) is 11.9 Å². The molecule has 1 N–H and O–H groups in total. The molecule has 1 fully saturated rings. The fourth-order valence-corrected chi connectivity index (χ4v) is 3.51. The smallest absolute Gasteiger partial charge is 0.234 e. The predicted octanol–water partition coefficient (Wildman–Crippen LogP) is 3.04. The van der Waals surface area contributed by atoms with E-state index in [1.54, 1.807) is 12.1 Å². The van der Waals surface area contributed by atoms with Gasteiger partial charge in [-0.25, -0.2) is 0 Å². The summed E-state index contributed by atoms with van der Waals surface area (Å²) in [6, 6.07) is 18.0. The minimum absolute atomic E-state index is 0.0700. The average molecular weight is 402 g/mol. The molecule has 2 aromatic carbocycles. The topological polar surface area (TPSA) is 44.8 Å². The van der Waals surface area contributed by atoms with Gasteiger partial charge in [0, 0.05) is 37.2 Å². The SMILES string of the molecule is CN(CCOc1ccc(Cl)cc1)CC(=O)N[C@@H]1CCN(Cc2ccccc2)C1. The molecule has 6 heteroatoms. The number of likely N-dealkylation sites (tertiary alicyclic amines) is 1. The van der Waals surface area contributed by atoms with Gasteiger partial charge >= 0.3 is 0 Å². The van der Waals surface area contributed by atoms with Crippen LogP contribution in [0.2, 0.25) is 5.02 Å². The van der Waals surface area contributed by atoms with Gasteiger partial charge in [0.15, 0.2) is 0 Å². The Morgan fingerprint density at radius 3 is 2.71 bits per heavy atom. The Morgan fingerprint density at radius 2 is 1.96 bits per heavy atom. The number of rotatable bonds is 9. The van der Waals surface area contributed by atoms with Gasteiger partial charge in [-0.3, -0.25) is 14.6 Å². The standard InChI is InChI=1S/C22H28ClN3O2/c1-25(13-14-28-21-9-7-19(23)8-10-21)17-22(27)24-20-11-12-26(16-20)15-18-5-3-2-4-6-18/h2-10,20H,11-17H2,1H3,(H,24,27)/t20-/m1/s1. The van der Waals surface area contributed by atoms with Gasteiger partial charge in [-0.2, -0.15) is 0 Å². The van der Waals surface area contributed by atoms with Crippen LogP contribution in [0.4, 0.5) is 0 Å². The summed E-state index contributed by atoms with van der Waals surface area (Å²) in [5, 5.41) is 3.85. The zero-order valence-electron chi connectivity index (χ0n) is 16.3. The number of nitrogens with one attached hydrogen (secondary N) is 1. The molecule has 1 heterocycles. The van der Waals surface area contributed by atoms with Crippen LogP contribution in [-0.4, -0.2) is 61.6 Å². The highest BCUT2D eigenvalue weighted by Gasteiger charge is 2.24. The van der Waals surface area contributed by atoms with Crippen LogP contribution >= 0.6 is 11.6 Å². The summed E-state index contributed by atoms with van der Waals surface area (Å²) in [6.45, 7) is 4.45. The Morgan fingerprint density at radius 1 is 1.21 bits per heavy atom. The van der Waals surface area contributed by atoms with Crippen molar-refractivity contribution in [1.82, 2.24) is 15.1 Å². The first-order valence-corrected chi connectivity index (χ1v) is 10.1. The van der Waals surface area contributed by atoms with Crippen LogP contribution in [0.5, 0.6) is 5.75 Å². The van der Waals surface area contributed by atoms with E-state index in [9.17, 15) is 4.79 Å². The highest BCUT2D eigenvalue weighted by molar-refractivity contribution is 6.30. The van der Waals surface area contributed by atoms with E-state index in [0.717, 1.165) is 31.8 Å². The first kappa shape index (κ1) is 20.6. The van der Waals surface area contributed by atoms with Crippen molar-refractivity contribution in [2.75, 3.05) is 39.8 Å². The first-order chi connectivity index (χ1) is 13.6. The number of benzene rings is 2. The predicted molar refractivity (Wildman–Crippen MR) is 113 cm³/mol. The first-order valence-electron chi connectivity index (χ1n) is 9.71. The molecule has 28 heavy (non-hydrogen) atoms. The fourth-order valence-electron chi connectivity index (χ4n) is 3.38. The lowest BCUT2D eigenvalue weighted by Crippen LogP contribution is -2.43. The highest BCUT2D eigenvalue weighted by Crippen LogP contribution is 2.15. The largest absolute Gasteiger partial charge is 0.492 e. The molecule has 0 aromatic heterocycles. The maximum atomic E-state index is 12.3. The van der Waals surface area contributed by atoms with Crippen LogP contribution in [0.25, 0.3) is 0 Å². The van der Waals surface area contributed by atoms with Crippen LogP contribution in [-0.2, 0) is 11.3 Å². The van der Waals surface area contributed by atoms with Crippen molar-refractivity contribution < 1.29 is 9.53 Å². The molecule has 0 unspecified atom stereocenters. The number of carbonyl (C=O) groups excluding carboxylic acids is 1. The van der Waals surface area contributed by atoms with Crippen molar-refractivity contribution in [3.8, 4) is 5.75 Å². The van der Waals surface area contributed by atoms with Gasteiger partial charge in [0.25, 0.3) is 0 Å². The van der Waals surface area contributed by atoms with Crippen molar-refractivity contribution in [1.29, 1.82) is 0 Å². The maximum Gasteiger partial charge on any atom is 0.234 e. The van der Waals surface area contributed by atoms with E-state index >= 15 is 0 Å². The highest BCUT2D eigenvalue weighted by atomic mass is 35.5. The number of hydrogen-bond donors (Lipinski definition) is 1. The van der Waals surface area contributed by atoms with E-state index in [1.807, 2.05) is 30.1 Å². The molecule has 1 aliphatic heterocycles. The minimum atomic E-state index is 0.0700. The van der Waals surface area contributed by atoms with E-state index in [1.165, 1.54) is 5.56 Å². The Labute approximate surface area is 172 Å². The lowest BCUT2D eigenvalue weighted by atomic mass is 10.2. The molecule has 5 nitrogen and oxygen atoms in total. The number of ether oxygens (including phenoxy) is 1. The van der Waals surface area contributed by atoms with Crippen molar-refractivity contribution in [3.05, 3.63) is 65.2 Å². The minimum Gasteiger partial charge on any atom is -0.492 e. The molecule has 0 radical (unpaired) electrons. The second-order valence-electron chi connectivity index (χ2n) is 7.31. The van der Waals surface area contributed by atoms with Gasteiger partial charge in [-0.05, 0) is 43.3 Å². The summed E-state index contributed by atoms with van der Waals surface area (Å²) in [4.78, 5) is 16.7. The molecule has 1 aliphatic rings. The molecule has 0 bridgehead atoms. The third kappa shape index (κ3) is 6.82. The average Bonchev–Trinajstić information content (AvgIpc) is 3.10. The number of halogens is 1. The third-order valence-electron chi connectivity index (χ3n) is 4.86. The Kier molecular flexibility index (Phi) is 7.71. The molecule has 1 amide bonds. The second-order valence-corrected chi connectivity index (χ2v) is 7.75. The third-order valence-corrected chi connectivity index (χ3v) is 5.11. The van der Waals surface area contributed by atoms with Gasteiger partial charge in [0.05, 0.1) is 6.54 Å². The summed E-state index contributed by atoms with van der Waals surface area (Å²) < 4.78 is 5.68. The summed E-state index contributed by atoms with van der Waals surface area (Å²) in [7, 11) is 1.93. The zero-order valence-corrected chi connectivity index (χ0v) is 17.1. The summed E-state index contributed by atoms with van der Waals surface area (Å²) in [5.74, 6) is 0.854. The Bertz CT molecular complexity index is 739. The van der Waals surface area contributed by atoms with Crippen LogP contribution in [0, 0.1) is 0 Å². The van der Waals surface area contributed by atoms with E-state index < -0.39 is 0 Å². The number of nitrogens with zero attached hydrogens (tertiary/aromatic N) is 2. The lowest BCUT2D eigenvalue weighted by Gasteiger charge is -2.19. The lowest BCUT2D eigenvalue weighted by molar-refractivity contribution is -0.122. The molecule has 2 aromatic rings. The van der Waals surface area contributed by atoms with E-state index in [0.29, 0.717) is 24.7 Å². The fraction of sp³-hybridized carbons (Fsp3) is 0.409. The number of hydrogen-bond acceptors (Lipinski definition) is 4. The Balaban J connectivity index is 1.32. The Hall–Kier alpha value is -2.08. The molecule has 0 aliphatic carbocycles. The van der Waals surface area contributed by atoms with Crippen LogP contribution in [0.15, 0.2) is 54.6 Å². The summed E-state index contributed by atoms with van der Waals surface area (Å²) in [6.07, 6.45) is 1.00. The number of likely N-dealkylation sites (N-methyl/N-ethyl adjacent to an activating group) is 1. The summed E-state index contributed by atoms with van der Waals surface area (Å²) >= 11 is 5.86. The quantitative estimate of drug-likeness (QED) is 0.701. The number of carbonyl (C=O) groups is 1. The molecule has 1 atom stereocenters. The van der Waals surface area contributed by atoms with Gasteiger partial charge in [-0.15, -0.1) is 0 Å². The van der Waals surface area contributed by atoms with E-state index in [2.05, 4.69) is 34.5 Å².